The van der Waals surface area contributed by atoms with Crippen LogP contribution in [-0.2, 0) is 4.74 Å². The lowest BCUT2D eigenvalue weighted by molar-refractivity contribution is 0.0851. The first kappa shape index (κ1) is 9.17. The fourth-order valence-electron chi connectivity index (χ4n) is 2.57. The zero-order valence-corrected chi connectivity index (χ0v) is 8.93. The molecule has 80 valence electrons. The first-order valence-electron chi connectivity index (χ1n) is 6.21. The molecule has 1 saturated heterocycles. The molecule has 3 fully saturated rings. The van der Waals surface area contributed by atoms with Gasteiger partial charge in [-0.05, 0) is 50.4 Å². The van der Waals surface area contributed by atoms with E-state index in [-0.39, 0.29) is 0 Å². The lowest BCUT2D eigenvalue weighted by Crippen LogP contribution is -2.28. The standard InChI is InChI=1S/C12H21NO/c1-2-11(14-7-1)8-12(5-6-12)9-13-10-3-4-10/h10-11,13H,1-9H2. The number of nitrogens with one attached hydrogen (secondary N) is 1. The molecule has 2 saturated carbocycles. The monoisotopic (exact) mass is 195 g/mol. The summed E-state index contributed by atoms with van der Waals surface area (Å²) < 4.78 is 5.72. The van der Waals surface area contributed by atoms with Crippen LogP contribution in [-0.4, -0.2) is 25.3 Å². The van der Waals surface area contributed by atoms with Gasteiger partial charge in [-0.2, -0.15) is 0 Å². The lowest BCUT2D eigenvalue weighted by atomic mass is 9.97. The summed E-state index contributed by atoms with van der Waals surface area (Å²) in [6.45, 7) is 2.27. The van der Waals surface area contributed by atoms with Crippen LogP contribution in [0.1, 0.15) is 44.9 Å². The molecule has 0 radical (unpaired) electrons. The van der Waals surface area contributed by atoms with Crippen LogP contribution in [0.4, 0.5) is 0 Å². The molecule has 0 bridgehead atoms. The van der Waals surface area contributed by atoms with E-state index >= 15 is 0 Å². The van der Waals surface area contributed by atoms with Crippen molar-refractivity contribution in [2.24, 2.45) is 5.41 Å². The lowest BCUT2D eigenvalue weighted by Gasteiger charge is -2.19. The van der Waals surface area contributed by atoms with Crippen LogP contribution in [0.3, 0.4) is 0 Å². The highest BCUT2D eigenvalue weighted by Crippen LogP contribution is 2.50. The van der Waals surface area contributed by atoms with Gasteiger partial charge in [0.05, 0.1) is 6.10 Å². The highest BCUT2D eigenvalue weighted by molar-refractivity contribution is 4.98. The van der Waals surface area contributed by atoms with E-state index in [0.29, 0.717) is 11.5 Å². The molecule has 1 unspecified atom stereocenters. The van der Waals surface area contributed by atoms with E-state index in [9.17, 15) is 0 Å². The molecule has 2 aliphatic carbocycles. The predicted molar refractivity (Wildman–Crippen MR) is 56.3 cm³/mol. The minimum absolute atomic E-state index is 0.596. The van der Waals surface area contributed by atoms with Crippen LogP contribution >= 0.6 is 0 Å². The summed E-state index contributed by atoms with van der Waals surface area (Å²) in [4.78, 5) is 0. The Kier molecular flexibility index (Phi) is 2.29. The van der Waals surface area contributed by atoms with Gasteiger partial charge < -0.3 is 10.1 Å². The second-order valence-corrected chi connectivity index (χ2v) is 5.49. The number of hydrogen-bond acceptors (Lipinski definition) is 2. The number of ether oxygens (including phenoxy) is 1. The Morgan fingerprint density at radius 3 is 2.64 bits per heavy atom. The molecular weight excluding hydrogens is 174 g/mol. The Morgan fingerprint density at radius 1 is 1.21 bits per heavy atom. The Labute approximate surface area is 86.4 Å². The van der Waals surface area contributed by atoms with Crippen LogP contribution in [0.25, 0.3) is 0 Å². The van der Waals surface area contributed by atoms with Gasteiger partial charge >= 0.3 is 0 Å². The molecule has 0 spiro atoms. The highest BCUT2D eigenvalue weighted by Gasteiger charge is 2.45. The third-order valence-corrected chi connectivity index (χ3v) is 3.98. The topological polar surface area (TPSA) is 21.3 Å². The molecule has 14 heavy (non-hydrogen) atoms. The van der Waals surface area contributed by atoms with Crippen molar-refractivity contribution in [1.29, 1.82) is 0 Å². The SMILES string of the molecule is C1COC(CC2(CNC3CC3)CC2)C1. The molecule has 2 nitrogen and oxygen atoms in total. The first-order valence-corrected chi connectivity index (χ1v) is 6.21. The molecule has 1 heterocycles. The molecule has 3 aliphatic rings. The van der Waals surface area contributed by atoms with Crippen LogP contribution < -0.4 is 5.32 Å². The largest absolute Gasteiger partial charge is 0.378 e. The zero-order valence-electron chi connectivity index (χ0n) is 8.93. The average Bonchev–Trinajstić information content (AvgIpc) is 3.07. The maximum atomic E-state index is 5.72. The van der Waals surface area contributed by atoms with Crippen molar-refractivity contribution < 1.29 is 4.74 Å². The van der Waals surface area contributed by atoms with E-state index in [1.807, 2.05) is 0 Å². The Balaban J connectivity index is 1.44. The van der Waals surface area contributed by atoms with Crippen molar-refractivity contribution in [1.82, 2.24) is 5.32 Å². The predicted octanol–water partition coefficient (Wildman–Crippen LogP) is 2.09. The zero-order chi connectivity index (χ0) is 9.43. The summed E-state index contributed by atoms with van der Waals surface area (Å²) in [5.74, 6) is 0. The summed E-state index contributed by atoms with van der Waals surface area (Å²) in [5.41, 5.74) is 0.650. The molecule has 0 aromatic heterocycles. The van der Waals surface area contributed by atoms with E-state index in [0.717, 1.165) is 12.6 Å². The van der Waals surface area contributed by atoms with Crippen molar-refractivity contribution >= 4 is 0 Å². The fourth-order valence-corrected chi connectivity index (χ4v) is 2.57. The van der Waals surface area contributed by atoms with Gasteiger partial charge in [0.25, 0.3) is 0 Å². The second kappa shape index (κ2) is 3.49. The minimum Gasteiger partial charge on any atom is -0.378 e. The van der Waals surface area contributed by atoms with Crippen molar-refractivity contribution in [3.8, 4) is 0 Å². The van der Waals surface area contributed by atoms with Crippen LogP contribution in [0, 0.1) is 5.41 Å². The molecule has 1 atom stereocenters. The molecule has 0 aromatic rings. The van der Waals surface area contributed by atoms with Gasteiger partial charge in [-0.1, -0.05) is 0 Å². The van der Waals surface area contributed by atoms with Gasteiger partial charge in [0.1, 0.15) is 0 Å². The van der Waals surface area contributed by atoms with Crippen LogP contribution in [0.15, 0.2) is 0 Å². The van der Waals surface area contributed by atoms with Gasteiger partial charge in [0, 0.05) is 19.2 Å². The molecule has 0 amide bonds. The molecule has 1 N–H and O–H groups in total. The fraction of sp³-hybridized carbons (Fsp3) is 1.00. The third kappa shape index (κ3) is 2.12. The van der Waals surface area contributed by atoms with E-state index < -0.39 is 0 Å². The second-order valence-electron chi connectivity index (χ2n) is 5.49. The average molecular weight is 195 g/mol. The summed E-state index contributed by atoms with van der Waals surface area (Å²) in [5, 5.41) is 3.68. The summed E-state index contributed by atoms with van der Waals surface area (Å²) in [7, 11) is 0. The van der Waals surface area contributed by atoms with Crippen LogP contribution in [0.5, 0.6) is 0 Å². The van der Waals surface area contributed by atoms with Gasteiger partial charge in [0.2, 0.25) is 0 Å². The Hall–Kier alpha value is -0.0800. The summed E-state index contributed by atoms with van der Waals surface area (Å²) >= 11 is 0. The maximum absolute atomic E-state index is 5.72. The highest BCUT2D eigenvalue weighted by atomic mass is 16.5. The van der Waals surface area contributed by atoms with E-state index in [4.69, 9.17) is 4.74 Å². The normalized spacial score (nSPS) is 34.7. The Morgan fingerprint density at radius 2 is 2.07 bits per heavy atom. The number of hydrogen-bond donors (Lipinski definition) is 1. The van der Waals surface area contributed by atoms with Gasteiger partial charge in [-0.3, -0.25) is 0 Å². The van der Waals surface area contributed by atoms with Crippen molar-refractivity contribution in [2.45, 2.75) is 57.1 Å². The first-order chi connectivity index (χ1) is 6.86. The summed E-state index contributed by atoms with van der Waals surface area (Å²) in [6.07, 6.45) is 10.2. The van der Waals surface area contributed by atoms with Crippen molar-refractivity contribution in [3.63, 3.8) is 0 Å². The van der Waals surface area contributed by atoms with Crippen LogP contribution in [0.2, 0.25) is 0 Å². The molecular formula is C12H21NO. The van der Waals surface area contributed by atoms with Crippen molar-refractivity contribution in [3.05, 3.63) is 0 Å². The van der Waals surface area contributed by atoms with Gasteiger partial charge in [0.15, 0.2) is 0 Å². The maximum Gasteiger partial charge on any atom is 0.0581 e. The van der Waals surface area contributed by atoms with E-state index in [1.165, 1.54) is 51.5 Å². The molecule has 1 aliphatic heterocycles. The smallest absolute Gasteiger partial charge is 0.0581 e. The Bertz CT molecular complexity index is 202. The third-order valence-electron chi connectivity index (χ3n) is 3.98. The molecule has 0 aromatic carbocycles. The molecule has 2 heteroatoms. The molecule has 3 rings (SSSR count). The van der Waals surface area contributed by atoms with E-state index in [1.54, 1.807) is 0 Å². The minimum atomic E-state index is 0.596. The van der Waals surface area contributed by atoms with Gasteiger partial charge in [-0.25, -0.2) is 0 Å². The number of rotatable bonds is 5. The van der Waals surface area contributed by atoms with Gasteiger partial charge in [-0.15, -0.1) is 0 Å². The van der Waals surface area contributed by atoms with Crippen molar-refractivity contribution in [2.75, 3.05) is 13.2 Å². The van der Waals surface area contributed by atoms with E-state index in [2.05, 4.69) is 5.32 Å². The summed E-state index contributed by atoms with van der Waals surface area (Å²) in [6, 6.07) is 0.872. The quantitative estimate of drug-likeness (QED) is 0.725.